The number of halogens is 1. The fraction of sp³-hybridized carbons (Fsp3) is 0.367. The zero-order chi connectivity index (χ0) is 24.7. The maximum Gasteiger partial charge on any atom is 0.275 e. The van der Waals surface area contributed by atoms with Crippen molar-refractivity contribution in [2.45, 2.75) is 64.8 Å². The molecule has 4 nitrogen and oxygen atoms in total. The van der Waals surface area contributed by atoms with Crippen LogP contribution in [0, 0.1) is 0 Å². The van der Waals surface area contributed by atoms with Gasteiger partial charge in [-0.3, -0.25) is 4.79 Å². The van der Waals surface area contributed by atoms with Gasteiger partial charge in [-0.15, -0.1) is 0 Å². The first-order valence-corrected chi connectivity index (χ1v) is 13.7. The lowest BCUT2D eigenvalue weighted by atomic mass is 9.87. The second-order valence-corrected chi connectivity index (χ2v) is 11.5. The van der Waals surface area contributed by atoms with Gasteiger partial charge in [0.1, 0.15) is 11.4 Å². The molecule has 182 valence electrons. The molecule has 1 aromatic heterocycles. The molecular formula is C30H33IN2O2. The highest BCUT2D eigenvalue weighted by Crippen LogP contribution is 2.49. The first kappa shape index (κ1) is 24.2. The number of rotatable bonds is 4. The monoisotopic (exact) mass is 580 g/mol. The van der Waals surface area contributed by atoms with Crippen LogP contribution in [0.15, 0.2) is 69.5 Å². The number of ether oxygens (including phenoxy) is 1. The van der Waals surface area contributed by atoms with Gasteiger partial charge in [-0.2, -0.15) is 0 Å². The molecule has 1 unspecified atom stereocenters. The van der Waals surface area contributed by atoms with Crippen LogP contribution in [-0.4, -0.2) is 27.9 Å². The number of hydrogen-bond donors (Lipinski definition) is 1. The number of fused-ring (bicyclic) bond motifs is 3. The highest BCUT2D eigenvalue weighted by Gasteiger charge is 2.42. The van der Waals surface area contributed by atoms with E-state index in [0.29, 0.717) is 12.3 Å². The topological polar surface area (TPSA) is 45.3 Å². The van der Waals surface area contributed by atoms with Gasteiger partial charge >= 0.3 is 0 Å². The van der Waals surface area contributed by atoms with Crippen LogP contribution in [0.2, 0.25) is 0 Å². The van der Waals surface area contributed by atoms with Crippen molar-refractivity contribution in [3.8, 4) is 5.75 Å². The highest BCUT2D eigenvalue weighted by molar-refractivity contribution is 14.1. The summed E-state index contributed by atoms with van der Waals surface area (Å²) in [5.74, 6) is 0.866. The van der Waals surface area contributed by atoms with Crippen LogP contribution in [-0.2, 0) is 0 Å². The molecule has 1 aliphatic heterocycles. The molecule has 0 radical (unpaired) electrons. The number of aromatic nitrogens is 1. The van der Waals surface area contributed by atoms with Crippen molar-refractivity contribution in [2.75, 3.05) is 6.61 Å². The van der Waals surface area contributed by atoms with Gasteiger partial charge in [-0.05, 0) is 105 Å². The van der Waals surface area contributed by atoms with Crippen LogP contribution in [0.5, 0.6) is 5.75 Å². The summed E-state index contributed by atoms with van der Waals surface area (Å²) in [6.45, 7) is 9.05. The van der Waals surface area contributed by atoms with Crippen LogP contribution in [0.25, 0.3) is 10.9 Å². The molecule has 3 aromatic rings. The van der Waals surface area contributed by atoms with Gasteiger partial charge in [-0.1, -0.05) is 36.4 Å². The fourth-order valence-corrected chi connectivity index (χ4v) is 6.70. The third-order valence-corrected chi connectivity index (χ3v) is 8.08. The molecule has 2 aliphatic rings. The van der Waals surface area contributed by atoms with Crippen LogP contribution in [0.4, 0.5) is 0 Å². The summed E-state index contributed by atoms with van der Waals surface area (Å²) in [5.41, 5.74) is 5.95. The van der Waals surface area contributed by atoms with E-state index in [1.165, 1.54) is 21.1 Å². The number of aromatic amines is 1. The second-order valence-electron chi connectivity index (χ2n) is 10.4. The number of benzene rings is 2. The average Bonchev–Trinajstić information content (AvgIpc) is 3.18. The van der Waals surface area contributed by atoms with Crippen molar-refractivity contribution < 1.29 is 9.53 Å². The van der Waals surface area contributed by atoms with E-state index in [4.69, 9.17) is 4.74 Å². The van der Waals surface area contributed by atoms with Crippen LogP contribution < -0.4 is 4.74 Å². The summed E-state index contributed by atoms with van der Waals surface area (Å²) in [4.78, 5) is 19.9. The minimum absolute atomic E-state index is 0.0489. The van der Waals surface area contributed by atoms with Crippen molar-refractivity contribution in [3.05, 3.63) is 86.3 Å². The van der Waals surface area contributed by atoms with Crippen LogP contribution >= 0.6 is 22.6 Å². The maximum absolute atomic E-state index is 14.4. The zero-order valence-corrected chi connectivity index (χ0v) is 23.1. The Kier molecular flexibility index (Phi) is 6.55. The normalized spacial score (nSPS) is 19.0. The Morgan fingerprint density at radius 3 is 2.49 bits per heavy atom. The first-order valence-electron chi connectivity index (χ1n) is 12.6. The summed E-state index contributed by atoms with van der Waals surface area (Å²) in [6.07, 6.45) is 6.80. The van der Waals surface area contributed by atoms with E-state index in [9.17, 15) is 4.79 Å². The van der Waals surface area contributed by atoms with E-state index in [1.807, 2.05) is 25.1 Å². The molecule has 2 heterocycles. The molecule has 1 atom stereocenters. The molecule has 0 saturated carbocycles. The molecule has 1 amide bonds. The van der Waals surface area contributed by atoms with E-state index in [2.05, 4.69) is 89.7 Å². The summed E-state index contributed by atoms with van der Waals surface area (Å²) in [7, 11) is 0. The van der Waals surface area contributed by atoms with Crippen molar-refractivity contribution >= 4 is 39.4 Å². The number of nitrogens with one attached hydrogen (secondary N) is 1. The van der Waals surface area contributed by atoms with Gasteiger partial charge in [0, 0.05) is 31.5 Å². The summed E-state index contributed by atoms with van der Waals surface area (Å²) in [6, 6.07) is 16.7. The predicted molar refractivity (Wildman–Crippen MR) is 151 cm³/mol. The molecule has 0 fully saturated rings. The molecule has 0 saturated heterocycles. The summed E-state index contributed by atoms with van der Waals surface area (Å²) >= 11 is 2.53. The van der Waals surface area contributed by atoms with Crippen molar-refractivity contribution in [2.24, 2.45) is 0 Å². The van der Waals surface area contributed by atoms with Crippen LogP contribution in [0.1, 0.15) is 80.9 Å². The highest BCUT2D eigenvalue weighted by atomic mass is 127. The molecule has 0 bridgehead atoms. The number of allylic oxidation sites excluding steroid dienone is 3. The van der Waals surface area contributed by atoms with Crippen LogP contribution in [0.3, 0.4) is 0 Å². The second kappa shape index (κ2) is 9.49. The lowest BCUT2D eigenvalue weighted by Crippen LogP contribution is -2.45. The number of carbonyl (C=O) groups is 1. The van der Waals surface area contributed by atoms with Crippen molar-refractivity contribution in [1.29, 1.82) is 0 Å². The third kappa shape index (κ3) is 4.32. The third-order valence-electron chi connectivity index (χ3n) is 6.95. The van der Waals surface area contributed by atoms with Gasteiger partial charge in [0.25, 0.3) is 5.91 Å². The molecule has 5 rings (SSSR count). The summed E-state index contributed by atoms with van der Waals surface area (Å²) in [5, 5.41) is 1.11. The van der Waals surface area contributed by atoms with E-state index in [1.54, 1.807) is 0 Å². The fourth-order valence-electron chi connectivity index (χ4n) is 5.44. The number of carbonyl (C=O) groups excluding carboxylic acids is 1. The lowest BCUT2D eigenvalue weighted by Gasteiger charge is -2.39. The molecule has 35 heavy (non-hydrogen) atoms. The number of hydrogen-bond acceptors (Lipinski definition) is 2. The number of para-hydroxylation sites is 1. The van der Waals surface area contributed by atoms with Gasteiger partial charge < -0.3 is 14.6 Å². The molecular weight excluding hydrogens is 547 g/mol. The van der Waals surface area contributed by atoms with Gasteiger partial charge in [0.15, 0.2) is 0 Å². The first-order chi connectivity index (χ1) is 16.8. The molecule has 0 spiro atoms. The Morgan fingerprint density at radius 2 is 1.83 bits per heavy atom. The summed E-state index contributed by atoms with van der Waals surface area (Å²) < 4.78 is 6.93. The molecule has 2 aromatic carbocycles. The largest absolute Gasteiger partial charge is 0.494 e. The SMILES string of the molecule is CCOc1ccc(C2C(I)=C(C3=CCCCC3)N(C(C)(C)C)C(=O)c3[nH]c4ccccc4c32)cc1. The Balaban J connectivity index is 1.83. The maximum atomic E-state index is 14.4. The minimum Gasteiger partial charge on any atom is -0.494 e. The Morgan fingerprint density at radius 1 is 1.09 bits per heavy atom. The standard InChI is InChI=1S/C30H33IN2O2/c1-5-35-21-17-15-19(16-18-21)24-25-22-13-9-10-14-23(22)32-27(25)29(34)33(30(2,3)4)28(26(24)31)20-11-7-6-8-12-20/h9-11,13-18,24,32H,5-8,12H2,1-4H3. The van der Waals surface area contributed by atoms with E-state index < -0.39 is 0 Å². The number of nitrogens with zero attached hydrogens (tertiary/aromatic N) is 1. The Bertz CT molecular complexity index is 1320. The predicted octanol–water partition coefficient (Wildman–Crippen LogP) is 8.10. The Hall–Kier alpha value is -2.54. The van der Waals surface area contributed by atoms with Gasteiger partial charge in [-0.25, -0.2) is 0 Å². The van der Waals surface area contributed by atoms with Crippen molar-refractivity contribution in [1.82, 2.24) is 9.88 Å². The lowest BCUT2D eigenvalue weighted by molar-refractivity contribution is 0.0675. The Labute approximate surface area is 221 Å². The quantitative estimate of drug-likeness (QED) is 0.317. The van der Waals surface area contributed by atoms with E-state index in [0.717, 1.165) is 47.2 Å². The van der Waals surface area contributed by atoms with E-state index in [-0.39, 0.29) is 17.4 Å². The average molecular weight is 581 g/mol. The molecule has 1 aliphatic carbocycles. The molecule has 5 heteroatoms. The van der Waals surface area contributed by atoms with E-state index >= 15 is 0 Å². The molecule has 1 N–H and O–H groups in total. The van der Waals surface area contributed by atoms with Gasteiger partial charge in [0.2, 0.25) is 0 Å². The number of amides is 1. The van der Waals surface area contributed by atoms with Crippen molar-refractivity contribution in [3.63, 3.8) is 0 Å². The minimum atomic E-state index is -0.372. The smallest absolute Gasteiger partial charge is 0.275 e. The van der Waals surface area contributed by atoms with Gasteiger partial charge in [0.05, 0.1) is 12.3 Å². The zero-order valence-electron chi connectivity index (χ0n) is 21.0. The number of H-pyrrole nitrogens is 1.